The van der Waals surface area contributed by atoms with Crippen molar-refractivity contribution < 1.29 is 14.1 Å². The Morgan fingerprint density at radius 3 is 2.94 bits per heavy atom. The van der Waals surface area contributed by atoms with Gasteiger partial charge in [-0.3, -0.25) is 9.59 Å². The SMILES string of the molecule is C=CCN(CC(=O)N1CCCCC1c1nc(-c2cccc(Cl)c2)no1)C(=O)CCCCl. The van der Waals surface area contributed by atoms with Crippen LogP contribution in [0.2, 0.25) is 5.02 Å². The molecule has 0 spiro atoms. The Morgan fingerprint density at radius 2 is 2.19 bits per heavy atom. The summed E-state index contributed by atoms with van der Waals surface area (Å²) in [5, 5.41) is 4.66. The van der Waals surface area contributed by atoms with E-state index in [4.69, 9.17) is 27.7 Å². The molecule has 0 bridgehead atoms. The van der Waals surface area contributed by atoms with Crippen LogP contribution in [0, 0.1) is 0 Å². The Kier molecular flexibility index (Phi) is 8.49. The summed E-state index contributed by atoms with van der Waals surface area (Å²) in [7, 11) is 0. The lowest BCUT2D eigenvalue weighted by molar-refractivity contribution is -0.143. The molecule has 166 valence electrons. The van der Waals surface area contributed by atoms with Gasteiger partial charge in [-0.2, -0.15) is 4.98 Å². The van der Waals surface area contributed by atoms with Gasteiger partial charge in [0.2, 0.25) is 23.5 Å². The maximum atomic E-state index is 13.1. The van der Waals surface area contributed by atoms with Crippen molar-refractivity contribution in [2.75, 3.05) is 25.5 Å². The number of alkyl halides is 1. The fourth-order valence-electron chi connectivity index (χ4n) is 3.64. The van der Waals surface area contributed by atoms with E-state index in [0.29, 0.717) is 48.5 Å². The molecule has 1 aromatic carbocycles. The second kappa shape index (κ2) is 11.3. The van der Waals surface area contributed by atoms with Crippen LogP contribution in [0.4, 0.5) is 0 Å². The molecule has 2 aromatic rings. The molecule has 1 saturated heterocycles. The molecule has 1 aromatic heterocycles. The number of piperidine rings is 1. The van der Waals surface area contributed by atoms with Crippen LogP contribution in [0.25, 0.3) is 11.4 Å². The third-order valence-corrected chi connectivity index (χ3v) is 5.69. The minimum Gasteiger partial charge on any atom is -0.337 e. The fourth-order valence-corrected chi connectivity index (χ4v) is 3.97. The van der Waals surface area contributed by atoms with Gasteiger partial charge in [0.25, 0.3) is 0 Å². The number of nitrogens with zero attached hydrogens (tertiary/aromatic N) is 4. The highest BCUT2D eigenvalue weighted by Crippen LogP contribution is 2.31. The van der Waals surface area contributed by atoms with E-state index in [1.807, 2.05) is 12.1 Å². The first kappa shape index (κ1) is 23.3. The van der Waals surface area contributed by atoms with E-state index >= 15 is 0 Å². The summed E-state index contributed by atoms with van der Waals surface area (Å²) in [6.45, 7) is 4.57. The molecule has 0 N–H and O–H groups in total. The molecule has 2 heterocycles. The van der Waals surface area contributed by atoms with E-state index in [1.165, 1.54) is 4.90 Å². The van der Waals surface area contributed by atoms with Crippen LogP contribution < -0.4 is 0 Å². The molecule has 0 radical (unpaired) electrons. The minimum absolute atomic E-state index is 0.0150. The summed E-state index contributed by atoms with van der Waals surface area (Å²) < 4.78 is 5.52. The summed E-state index contributed by atoms with van der Waals surface area (Å²) in [5.41, 5.74) is 0.748. The van der Waals surface area contributed by atoms with Gasteiger partial charge in [-0.25, -0.2) is 0 Å². The first-order valence-electron chi connectivity index (χ1n) is 10.4. The van der Waals surface area contributed by atoms with Crippen LogP contribution >= 0.6 is 23.2 Å². The van der Waals surface area contributed by atoms with E-state index in [0.717, 1.165) is 24.8 Å². The summed E-state index contributed by atoms with van der Waals surface area (Å²) in [4.78, 5) is 33.4. The van der Waals surface area contributed by atoms with Crippen molar-refractivity contribution in [1.29, 1.82) is 0 Å². The van der Waals surface area contributed by atoms with Gasteiger partial charge in [-0.15, -0.1) is 18.2 Å². The smallest absolute Gasteiger partial charge is 0.249 e. The van der Waals surface area contributed by atoms with Gasteiger partial charge in [0.15, 0.2) is 0 Å². The van der Waals surface area contributed by atoms with Gasteiger partial charge in [0.05, 0.1) is 0 Å². The Bertz CT molecular complexity index is 918. The van der Waals surface area contributed by atoms with Crippen LogP contribution in [0.3, 0.4) is 0 Å². The van der Waals surface area contributed by atoms with Gasteiger partial charge in [0, 0.05) is 36.0 Å². The molecule has 1 atom stereocenters. The fraction of sp³-hybridized carbons (Fsp3) is 0.455. The van der Waals surface area contributed by atoms with Gasteiger partial charge in [-0.05, 0) is 37.8 Å². The Balaban J connectivity index is 1.74. The highest BCUT2D eigenvalue weighted by molar-refractivity contribution is 6.30. The summed E-state index contributed by atoms with van der Waals surface area (Å²) in [5.74, 6) is 0.977. The molecule has 3 rings (SSSR count). The largest absolute Gasteiger partial charge is 0.337 e. The zero-order valence-corrected chi connectivity index (χ0v) is 18.8. The molecular weight excluding hydrogens is 439 g/mol. The molecule has 1 unspecified atom stereocenters. The van der Waals surface area contributed by atoms with E-state index in [2.05, 4.69) is 16.7 Å². The highest BCUT2D eigenvalue weighted by atomic mass is 35.5. The third kappa shape index (κ3) is 6.08. The van der Waals surface area contributed by atoms with Crippen molar-refractivity contribution in [2.24, 2.45) is 0 Å². The van der Waals surface area contributed by atoms with E-state index in [9.17, 15) is 9.59 Å². The van der Waals surface area contributed by atoms with Crippen molar-refractivity contribution in [3.05, 3.63) is 47.8 Å². The first-order valence-corrected chi connectivity index (χ1v) is 11.3. The lowest BCUT2D eigenvalue weighted by Crippen LogP contribution is -2.46. The van der Waals surface area contributed by atoms with Gasteiger partial charge >= 0.3 is 0 Å². The molecule has 31 heavy (non-hydrogen) atoms. The summed E-state index contributed by atoms with van der Waals surface area (Å²) in [6, 6.07) is 6.89. The number of benzene rings is 1. The Morgan fingerprint density at radius 1 is 1.35 bits per heavy atom. The molecule has 1 fully saturated rings. The predicted octanol–water partition coefficient (Wildman–Crippen LogP) is 4.48. The average Bonchev–Trinajstić information content (AvgIpc) is 3.27. The Hall–Kier alpha value is -2.38. The molecule has 1 aliphatic rings. The molecule has 0 aliphatic carbocycles. The highest BCUT2D eigenvalue weighted by Gasteiger charge is 2.33. The monoisotopic (exact) mass is 464 g/mol. The number of hydrogen-bond donors (Lipinski definition) is 0. The van der Waals surface area contributed by atoms with Crippen molar-refractivity contribution >= 4 is 35.0 Å². The molecule has 2 amide bonds. The standard InChI is InChI=1S/C22H26Cl2N4O3/c1-2-12-27(19(29)10-6-11-23)15-20(30)28-13-4-3-9-18(28)22-25-21(26-31-22)16-7-5-8-17(24)14-16/h2,5,7-8,14,18H,1,3-4,6,9-13,15H2. The molecule has 1 aliphatic heterocycles. The van der Waals surface area contributed by atoms with Crippen LogP contribution in [0.15, 0.2) is 41.4 Å². The second-order valence-corrected chi connectivity index (χ2v) is 8.24. The number of aromatic nitrogens is 2. The van der Waals surface area contributed by atoms with Crippen LogP contribution in [-0.2, 0) is 9.59 Å². The molecule has 7 nitrogen and oxygen atoms in total. The van der Waals surface area contributed by atoms with E-state index in [-0.39, 0.29) is 24.4 Å². The maximum Gasteiger partial charge on any atom is 0.249 e. The number of halogens is 2. The van der Waals surface area contributed by atoms with Crippen molar-refractivity contribution in [3.63, 3.8) is 0 Å². The maximum absolute atomic E-state index is 13.1. The number of likely N-dealkylation sites (tertiary alicyclic amines) is 1. The van der Waals surface area contributed by atoms with Crippen LogP contribution in [-0.4, -0.2) is 57.3 Å². The van der Waals surface area contributed by atoms with Gasteiger partial charge in [-0.1, -0.05) is 35.0 Å². The number of hydrogen-bond acceptors (Lipinski definition) is 5. The first-order chi connectivity index (χ1) is 15.0. The summed E-state index contributed by atoms with van der Waals surface area (Å²) >= 11 is 11.8. The normalized spacial score (nSPS) is 16.2. The lowest BCUT2D eigenvalue weighted by Gasteiger charge is -2.35. The molecule has 0 saturated carbocycles. The summed E-state index contributed by atoms with van der Waals surface area (Å²) in [6.07, 6.45) is 5.07. The average molecular weight is 465 g/mol. The van der Waals surface area contributed by atoms with Gasteiger partial charge < -0.3 is 14.3 Å². The third-order valence-electron chi connectivity index (χ3n) is 5.19. The topological polar surface area (TPSA) is 79.5 Å². The number of carbonyl (C=O) groups is 2. The van der Waals surface area contributed by atoms with E-state index < -0.39 is 0 Å². The second-order valence-electron chi connectivity index (χ2n) is 7.42. The van der Waals surface area contributed by atoms with Crippen LogP contribution in [0.1, 0.15) is 44.0 Å². The van der Waals surface area contributed by atoms with E-state index in [1.54, 1.807) is 23.1 Å². The van der Waals surface area contributed by atoms with Gasteiger partial charge in [0.1, 0.15) is 12.6 Å². The molecular formula is C22H26Cl2N4O3. The number of carbonyl (C=O) groups excluding carboxylic acids is 2. The van der Waals surface area contributed by atoms with Crippen molar-refractivity contribution in [2.45, 2.75) is 38.1 Å². The lowest BCUT2D eigenvalue weighted by atomic mass is 10.0. The Labute approximate surface area is 192 Å². The number of amides is 2. The predicted molar refractivity (Wildman–Crippen MR) is 120 cm³/mol. The zero-order chi connectivity index (χ0) is 22.2. The van der Waals surface area contributed by atoms with Crippen LogP contribution in [0.5, 0.6) is 0 Å². The quantitative estimate of drug-likeness (QED) is 0.403. The minimum atomic E-state index is -0.315. The van der Waals surface area contributed by atoms with Crippen molar-refractivity contribution in [1.82, 2.24) is 19.9 Å². The molecule has 9 heteroatoms. The zero-order valence-electron chi connectivity index (χ0n) is 17.3. The number of rotatable bonds is 9. The van der Waals surface area contributed by atoms with Crippen molar-refractivity contribution in [3.8, 4) is 11.4 Å².